The zero-order chi connectivity index (χ0) is 7.64. The van der Waals surface area contributed by atoms with E-state index in [-0.39, 0.29) is 0 Å². The largest absolute Gasteiger partial charge is 0.381 e. The molecule has 0 aliphatic heterocycles. The summed E-state index contributed by atoms with van der Waals surface area (Å²) in [5.74, 6) is 2.99. The number of rotatable bonds is 2. The third kappa shape index (κ3) is 0.488. The molecule has 0 aromatic rings. The van der Waals surface area contributed by atoms with Gasteiger partial charge >= 0.3 is 0 Å². The van der Waals surface area contributed by atoms with E-state index in [1.165, 1.54) is 19.3 Å². The van der Waals surface area contributed by atoms with Crippen LogP contribution < -0.4 is 0 Å². The molecule has 1 nitrogen and oxygen atoms in total. The molecular weight excluding hydrogens is 136 g/mol. The summed E-state index contributed by atoms with van der Waals surface area (Å²) in [4.78, 5) is 0. The van der Waals surface area contributed by atoms with Crippen LogP contribution >= 0.6 is 0 Å². The van der Waals surface area contributed by atoms with E-state index in [0.717, 1.165) is 23.2 Å². The smallest absolute Gasteiger partial charge is 0.0636 e. The number of hydrogen-bond donors (Lipinski definition) is 0. The van der Waals surface area contributed by atoms with Crippen molar-refractivity contribution in [2.45, 2.75) is 32.3 Å². The molecule has 5 atom stereocenters. The Labute approximate surface area is 68.1 Å². The van der Waals surface area contributed by atoms with Crippen LogP contribution in [0.5, 0.6) is 0 Å². The van der Waals surface area contributed by atoms with Crippen molar-refractivity contribution in [3.63, 3.8) is 0 Å². The van der Waals surface area contributed by atoms with Crippen molar-refractivity contribution in [1.29, 1.82) is 0 Å². The van der Waals surface area contributed by atoms with Gasteiger partial charge in [-0.15, -0.1) is 0 Å². The second-order valence-corrected chi connectivity index (χ2v) is 4.62. The Kier molecular flexibility index (Phi) is 0.976. The first-order valence-corrected chi connectivity index (χ1v) is 4.86. The molecule has 4 aliphatic rings. The molecule has 0 spiro atoms. The molecule has 0 amide bonds. The summed E-state index contributed by atoms with van der Waals surface area (Å²) in [6.45, 7) is 2.35. The average molecular weight is 152 g/mol. The van der Waals surface area contributed by atoms with Gasteiger partial charge in [-0.1, -0.05) is 6.92 Å². The second-order valence-electron chi connectivity index (χ2n) is 4.62. The first-order chi connectivity index (χ1) is 5.33. The lowest BCUT2D eigenvalue weighted by atomic mass is 10.0. The van der Waals surface area contributed by atoms with E-state index < -0.39 is 0 Å². The van der Waals surface area contributed by atoms with Crippen molar-refractivity contribution in [2.75, 3.05) is 7.11 Å². The van der Waals surface area contributed by atoms with Crippen LogP contribution in [-0.4, -0.2) is 13.2 Å². The molecule has 4 rings (SSSR count). The first kappa shape index (κ1) is 6.47. The third-order valence-corrected chi connectivity index (χ3v) is 4.67. The Hall–Kier alpha value is -0.0400. The van der Waals surface area contributed by atoms with Crippen molar-refractivity contribution in [3.8, 4) is 0 Å². The molecule has 0 aromatic carbocycles. The predicted octanol–water partition coefficient (Wildman–Crippen LogP) is 2.07. The maximum atomic E-state index is 5.55. The molecule has 4 fully saturated rings. The van der Waals surface area contributed by atoms with E-state index in [1.807, 2.05) is 7.11 Å². The van der Waals surface area contributed by atoms with Gasteiger partial charge < -0.3 is 4.74 Å². The first-order valence-electron chi connectivity index (χ1n) is 4.86. The summed E-state index contributed by atoms with van der Waals surface area (Å²) in [5.41, 5.74) is 0.783. The molecule has 62 valence electrons. The van der Waals surface area contributed by atoms with E-state index in [0.29, 0.717) is 6.10 Å². The van der Waals surface area contributed by atoms with Crippen LogP contribution in [0.15, 0.2) is 0 Å². The maximum absolute atomic E-state index is 5.55. The summed E-state index contributed by atoms with van der Waals surface area (Å²) in [5, 5.41) is 0. The molecule has 0 radical (unpaired) electrons. The standard InChI is InChI=1S/C10H16O/c1-3-10-5-6-4-7(10)8(10)9(6)11-2/h6-9H,3-5H2,1-2H3. The Balaban J connectivity index is 1.92. The molecule has 0 saturated heterocycles. The highest BCUT2D eigenvalue weighted by Gasteiger charge is 2.77. The topological polar surface area (TPSA) is 9.23 Å². The highest BCUT2D eigenvalue weighted by atomic mass is 16.5. The van der Waals surface area contributed by atoms with E-state index >= 15 is 0 Å². The Bertz CT molecular complexity index is 201. The van der Waals surface area contributed by atoms with Gasteiger partial charge in [0.15, 0.2) is 0 Å². The molecule has 4 aliphatic carbocycles. The zero-order valence-corrected chi connectivity index (χ0v) is 7.34. The van der Waals surface area contributed by atoms with Crippen LogP contribution in [0.3, 0.4) is 0 Å². The summed E-state index contributed by atoms with van der Waals surface area (Å²) >= 11 is 0. The molecule has 4 bridgehead atoms. The SMILES string of the molecule is CCC12CC3CC1C2C3OC. The van der Waals surface area contributed by atoms with Gasteiger partial charge in [-0.2, -0.15) is 0 Å². The molecule has 0 aromatic heterocycles. The molecule has 11 heavy (non-hydrogen) atoms. The third-order valence-electron chi connectivity index (χ3n) is 4.67. The molecule has 5 unspecified atom stereocenters. The van der Waals surface area contributed by atoms with Crippen LogP contribution in [0.25, 0.3) is 0 Å². The van der Waals surface area contributed by atoms with Crippen molar-refractivity contribution < 1.29 is 4.74 Å². The van der Waals surface area contributed by atoms with E-state index in [9.17, 15) is 0 Å². The number of methoxy groups -OCH3 is 1. The molecule has 0 N–H and O–H groups in total. The zero-order valence-electron chi connectivity index (χ0n) is 7.34. The average Bonchev–Trinajstić information content (AvgIpc) is 2.48. The van der Waals surface area contributed by atoms with Crippen LogP contribution in [0, 0.1) is 23.2 Å². The molecule has 4 saturated carbocycles. The van der Waals surface area contributed by atoms with Crippen LogP contribution in [0.1, 0.15) is 26.2 Å². The van der Waals surface area contributed by atoms with Crippen LogP contribution in [-0.2, 0) is 4.74 Å². The Morgan fingerprint density at radius 1 is 1.55 bits per heavy atom. The summed E-state index contributed by atoms with van der Waals surface area (Å²) in [7, 11) is 1.89. The normalized spacial score (nSPS) is 63.8. The van der Waals surface area contributed by atoms with Crippen LogP contribution in [0.4, 0.5) is 0 Å². The lowest BCUT2D eigenvalue weighted by Crippen LogP contribution is -2.14. The van der Waals surface area contributed by atoms with Gasteiger partial charge in [-0.3, -0.25) is 0 Å². The summed E-state index contributed by atoms with van der Waals surface area (Å²) in [6.07, 6.45) is 5.02. The van der Waals surface area contributed by atoms with Gasteiger partial charge in [0, 0.05) is 7.11 Å². The predicted molar refractivity (Wildman–Crippen MR) is 43.2 cm³/mol. The minimum Gasteiger partial charge on any atom is -0.381 e. The summed E-state index contributed by atoms with van der Waals surface area (Å²) < 4.78 is 5.55. The Morgan fingerprint density at radius 2 is 2.36 bits per heavy atom. The minimum atomic E-state index is 0.653. The second kappa shape index (κ2) is 1.66. The Morgan fingerprint density at radius 3 is 2.73 bits per heavy atom. The summed E-state index contributed by atoms with van der Waals surface area (Å²) in [6, 6.07) is 0. The van der Waals surface area contributed by atoms with Gasteiger partial charge in [-0.05, 0) is 42.4 Å². The lowest BCUT2D eigenvalue weighted by molar-refractivity contribution is 0.0709. The van der Waals surface area contributed by atoms with Gasteiger partial charge in [0.1, 0.15) is 0 Å². The number of hydrogen-bond acceptors (Lipinski definition) is 1. The van der Waals surface area contributed by atoms with Crippen molar-refractivity contribution in [2.24, 2.45) is 23.2 Å². The molecular formula is C10H16O. The fourth-order valence-corrected chi connectivity index (χ4v) is 4.26. The number of ether oxygens (including phenoxy) is 1. The molecule has 1 heteroatoms. The lowest BCUT2D eigenvalue weighted by Gasteiger charge is -2.10. The van der Waals surface area contributed by atoms with E-state index in [1.54, 1.807) is 0 Å². The van der Waals surface area contributed by atoms with Crippen LogP contribution in [0.2, 0.25) is 0 Å². The van der Waals surface area contributed by atoms with Gasteiger partial charge in [0.2, 0.25) is 0 Å². The van der Waals surface area contributed by atoms with Crippen molar-refractivity contribution >= 4 is 0 Å². The van der Waals surface area contributed by atoms with E-state index in [2.05, 4.69) is 6.92 Å². The van der Waals surface area contributed by atoms with Gasteiger partial charge in [-0.25, -0.2) is 0 Å². The molecule has 0 heterocycles. The van der Waals surface area contributed by atoms with Crippen molar-refractivity contribution in [1.82, 2.24) is 0 Å². The van der Waals surface area contributed by atoms with Gasteiger partial charge in [0.25, 0.3) is 0 Å². The van der Waals surface area contributed by atoms with Crippen molar-refractivity contribution in [3.05, 3.63) is 0 Å². The fourth-order valence-electron chi connectivity index (χ4n) is 4.26. The highest BCUT2D eigenvalue weighted by Crippen LogP contribution is 2.80. The minimum absolute atomic E-state index is 0.653. The fraction of sp³-hybridized carbons (Fsp3) is 1.00. The van der Waals surface area contributed by atoms with E-state index in [4.69, 9.17) is 4.74 Å². The highest BCUT2D eigenvalue weighted by molar-refractivity contribution is 5.26. The monoisotopic (exact) mass is 152 g/mol. The van der Waals surface area contributed by atoms with Gasteiger partial charge in [0.05, 0.1) is 6.10 Å². The quantitative estimate of drug-likeness (QED) is 0.588. The maximum Gasteiger partial charge on any atom is 0.0636 e.